The summed E-state index contributed by atoms with van der Waals surface area (Å²) < 4.78 is 4.25. The molecule has 7 heteroatoms. The molecule has 0 saturated heterocycles. The van der Waals surface area contributed by atoms with E-state index in [1.165, 1.54) is 11.6 Å². The van der Waals surface area contributed by atoms with Crippen LogP contribution in [0.15, 0.2) is 40.1 Å². The summed E-state index contributed by atoms with van der Waals surface area (Å²) in [7, 11) is 3.06. The van der Waals surface area contributed by atoms with E-state index in [-0.39, 0.29) is 12.2 Å². The first-order valence-corrected chi connectivity index (χ1v) is 7.49. The van der Waals surface area contributed by atoms with E-state index in [0.717, 1.165) is 4.57 Å². The first kappa shape index (κ1) is 15.6. The summed E-state index contributed by atoms with van der Waals surface area (Å²) in [5.74, 6) is 0. The monoisotopic (exact) mass is 333 g/mol. The van der Waals surface area contributed by atoms with Gasteiger partial charge in [0.1, 0.15) is 0 Å². The van der Waals surface area contributed by atoms with E-state index in [1.807, 2.05) is 12.1 Å². The minimum atomic E-state index is -0.394. The summed E-state index contributed by atoms with van der Waals surface area (Å²) in [6.07, 6.45) is 1.70. The maximum Gasteiger partial charge on any atom is 0.330 e. The van der Waals surface area contributed by atoms with Gasteiger partial charge < -0.3 is 9.67 Å². The second-order valence-corrected chi connectivity index (χ2v) is 5.75. The van der Waals surface area contributed by atoms with E-state index in [1.54, 1.807) is 29.9 Å². The van der Waals surface area contributed by atoms with E-state index < -0.39 is 5.69 Å². The Morgan fingerprint density at radius 2 is 1.83 bits per heavy atom. The molecule has 0 aliphatic heterocycles. The van der Waals surface area contributed by atoms with Crippen LogP contribution in [0.5, 0.6) is 0 Å². The van der Waals surface area contributed by atoms with Gasteiger partial charge in [0.2, 0.25) is 0 Å². The Labute approximate surface area is 136 Å². The van der Waals surface area contributed by atoms with Gasteiger partial charge in [-0.25, -0.2) is 4.79 Å². The molecule has 2 aromatic heterocycles. The zero-order chi connectivity index (χ0) is 16.7. The van der Waals surface area contributed by atoms with Crippen molar-refractivity contribution in [1.29, 1.82) is 0 Å². The minimum Gasteiger partial charge on any atom is -0.395 e. The molecule has 1 aromatic carbocycles. The van der Waals surface area contributed by atoms with Crippen LogP contribution in [0.4, 0.5) is 0 Å². The highest BCUT2D eigenvalue weighted by atomic mass is 35.5. The number of fused-ring (bicyclic) bond motifs is 1. The van der Waals surface area contributed by atoms with Crippen LogP contribution in [-0.4, -0.2) is 25.4 Å². The normalized spacial score (nSPS) is 11.3. The first-order chi connectivity index (χ1) is 11.0. The number of halogens is 1. The SMILES string of the molecule is Cn1c(=O)c2c(-c3ccccc3Cl)n(CCO)cc2n(C)c1=O. The van der Waals surface area contributed by atoms with Gasteiger partial charge in [0, 0.05) is 37.4 Å². The molecular formula is C16H16ClN3O3. The number of benzene rings is 1. The number of hydrogen-bond donors (Lipinski definition) is 1. The predicted octanol–water partition coefficient (Wildman–Crippen LogP) is 1.35. The Hall–Kier alpha value is -2.31. The molecule has 6 nitrogen and oxygen atoms in total. The number of nitrogens with zero attached hydrogens (tertiary/aromatic N) is 3. The molecule has 0 amide bonds. The molecule has 3 aromatic rings. The second kappa shape index (κ2) is 5.72. The molecule has 0 bridgehead atoms. The van der Waals surface area contributed by atoms with Gasteiger partial charge in [0.15, 0.2) is 0 Å². The van der Waals surface area contributed by atoms with E-state index >= 15 is 0 Å². The quantitative estimate of drug-likeness (QED) is 0.786. The Bertz CT molecular complexity index is 1010. The van der Waals surface area contributed by atoms with Crippen LogP contribution >= 0.6 is 11.6 Å². The highest BCUT2D eigenvalue weighted by molar-refractivity contribution is 6.33. The van der Waals surface area contributed by atoms with Crippen molar-refractivity contribution < 1.29 is 5.11 Å². The second-order valence-electron chi connectivity index (χ2n) is 5.34. The number of aryl methyl sites for hydroxylation is 1. The molecule has 0 radical (unpaired) electrons. The van der Waals surface area contributed by atoms with E-state index in [9.17, 15) is 14.7 Å². The third-order valence-corrected chi connectivity index (χ3v) is 4.31. The van der Waals surface area contributed by atoms with E-state index in [0.29, 0.717) is 33.7 Å². The molecular weight excluding hydrogens is 318 g/mol. The van der Waals surface area contributed by atoms with Gasteiger partial charge in [-0.3, -0.25) is 13.9 Å². The van der Waals surface area contributed by atoms with Crippen LogP contribution in [0.2, 0.25) is 5.02 Å². The fraction of sp³-hybridized carbons (Fsp3) is 0.250. The molecule has 0 aliphatic carbocycles. The molecule has 0 unspecified atom stereocenters. The zero-order valence-electron chi connectivity index (χ0n) is 12.8. The number of aliphatic hydroxyl groups excluding tert-OH is 1. The molecule has 2 heterocycles. The van der Waals surface area contributed by atoms with Crippen LogP contribution < -0.4 is 11.2 Å². The van der Waals surface area contributed by atoms with Crippen molar-refractivity contribution in [3.63, 3.8) is 0 Å². The highest BCUT2D eigenvalue weighted by Crippen LogP contribution is 2.32. The van der Waals surface area contributed by atoms with Gasteiger partial charge in [0.25, 0.3) is 5.56 Å². The number of hydrogen-bond acceptors (Lipinski definition) is 3. The van der Waals surface area contributed by atoms with Crippen molar-refractivity contribution in [2.75, 3.05) is 6.61 Å². The third-order valence-electron chi connectivity index (χ3n) is 3.98. The number of rotatable bonds is 3. The Balaban J connectivity index is 2.54. The molecule has 1 N–H and O–H groups in total. The number of aliphatic hydroxyl groups is 1. The Kier molecular flexibility index (Phi) is 3.87. The van der Waals surface area contributed by atoms with Crippen molar-refractivity contribution in [3.05, 3.63) is 56.3 Å². The average molecular weight is 334 g/mol. The fourth-order valence-electron chi connectivity index (χ4n) is 2.82. The summed E-state index contributed by atoms with van der Waals surface area (Å²) in [6, 6.07) is 7.19. The first-order valence-electron chi connectivity index (χ1n) is 7.12. The van der Waals surface area contributed by atoms with Crippen molar-refractivity contribution >= 4 is 22.5 Å². The summed E-state index contributed by atoms with van der Waals surface area (Å²) >= 11 is 6.30. The molecule has 0 fully saturated rings. The third kappa shape index (κ3) is 2.31. The lowest BCUT2D eigenvalue weighted by molar-refractivity contribution is 0.277. The Morgan fingerprint density at radius 1 is 1.13 bits per heavy atom. The molecule has 120 valence electrons. The summed E-state index contributed by atoms with van der Waals surface area (Å²) in [4.78, 5) is 24.8. The smallest absolute Gasteiger partial charge is 0.330 e. The fourth-order valence-corrected chi connectivity index (χ4v) is 3.04. The topological polar surface area (TPSA) is 69.2 Å². The molecule has 23 heavy (non-hydrogen) atoms. The van der Waals surface area contributed by atoms with Crippen LogP contribution in [0.1, 0.15) is 0 Å². The van der Waals surface area contributed by atoms with Crippen LogP contribution in [0, 0.1) is 0 Å². The van der Waals surface area contributed by atoms with E-state index in [4.69, 9.17) is 11.6 Å². The van der Waals surface area contributed by atoms with Gasteiger partial charge in [-0.15, -0.1) is 0 Å². The lowest BCUT2D eigenvalue weighted by Gasteiger charge is -2.10. The van der Waals surface area contributed by atoms with Crippen LogP contribution in [0.3, 0.4) is 0 Å². The highest BCUT2D eigenvalue weighted by Gasteiger charge is 2.20. The summed E-state index contributed by atoms with van der Waals surface area (Å²) in [6.45, 7) is 0.208. The van der Waals surface area contributed by atoms with Crippen molar-refractivity contribution in [3.8, 4) is 11.3 Å². The average Bonchev–Trinajstić information content (AvgIpc) is 2.91. The zero-order valence-corrected chi connectivity index (χ0v) is 13.5. The predicted molar refractivity (Wildman–Crippen MR) is 90.0 cm³/mol. The van der Waals surface area contributed by atoms with Gasteiger partial charge in [-0.05, 0) is 6.07 Å². The van der Waals surface area contributed by atoms with Gasteiger partial charge >= 0.3 is 5.69 Å². The van der Waals surface area contributed by atoms with Gasteiger partial charge in [-0.1, -0.05) is 29.8 Å². The maximum atomic E-state index is 12.7. The van der Waals surface area contributed by atoms with E-state index in [2.05, 4.69) is 0 Å². The van der Waals surface area contributed by atoms with Gasteiger partial charge in [0.05, 0.1) is 23.2 Å². The Morgan fingerprint density at radius 3 is 2.48 bits per heavy atom. The van der Waals surface area contributed by atoms with Crippen molar-refractivity contribution in [2.45, 2.75) is 6.54 Å². The minimum absolute atomic E-state index is 0.0906. The lowest BCUT2D eigenvalue weighted by atomic mass is 10.1. The van der Waals surface area contributed by atoms with Crippen molar-refractivity contribution in [2.24, 2.45) is 14.1 Å². The molecule has 0 atom stereocenters. The van der Waals surface area contributed by atoms with Crippen molar-refractivity contribution in [1.82, 2.24) is 13.7 Å². The summed E-state index contributed by atoms with van der Waals surface area (Å²) in [5, 5.41) is 10.2. The maximum absolute atomic E-state index is 12.7. The standard InChI is InChI=1S/C16H16ClN3O3/c1-18-12-9-20(7-8-21)14(10-5-3-4-6-11(10)17)13(12)15(22)19(2)16(18)23/h3-6,9,21H,7-8H2,1-2H3. The van der Waals surface area contributed by atoms with Crippen LogP contribution in [-0.2, 0) is 20.6 Å². The summed E-state index contributed by atoms with van der Waals surface area (Å²) in [5.41, 5.74) is 1.04. The number of aromatic nitrogens is 3. The lowest BCUT2D eigenvalue weighted by Crippen LogP contribution is -2.36. The van der Waals surface area contributed by atoms with Crippen LogP contribution in [0.25, 0.3) is 22.2 Å². The molecule has 0 saturated carbocycles. The molecule has 0 aliphatic rings. The molecule has 0 spiro atoms. The largest absolute Gasteiger partial charge is 0.395 e. The van der Waals surface area contributed by atoms with Gasteiger partial charge in [-0.2, -0.15) is 0 Å². The molecule has 3 rings (SSSR count).